The van der Waals surface area contributed by atoms with Crippen LogP contribution in [0.5, 0.6) is 0 Å². The number of nitrogens with two attached hydrogens (primary N) is 1. The summed E-state index contributed by atoms with van der Waals surface area (Å²) in [5.41, 5.74) is 8.27. The predicted molar refractivity (Wildman–Crippen MR) is 96.0 cm³/mol. The zero-order valence-corrected chi connectivity index (χ0v) is 15.4. The van der Waals surface area contributed by atoms with Gasteiger partial charge in [0, 0.05) is 19.1 Å². The van der Waals surface area contributed by atoms with Crippen LogP contribution >= 0.6 is 0 Å². The van der Waals surface area contributed by atoms with Gasteiger partial charge >= 0.3 is 0 Å². The van der Waals surface area contributed by atoms with Crippen molar-refractivity contribution in [3.8, 4) is 5.69 Å². The lowest BCUT2D eigenvalue weighted by molar-refractivity contribution is 0.427. The lowest BCUT2D eigenvalue weighted by atomic mass is 9.99. The molecule has 2 heterocycles. The summed E-state index contributed by atoms with van der Waals surface area (Å²) in [6.45, 7) is 4.50. The second-order valence-electron chi connectivity index (χ2n) is 7.23. The molecule has 0 radical (unpaired) electrons. The van der Waals surface area contributed by atoms with Crippen molar-refractivity contribution in [2.75, 3.05) is 13.1 Å². The number of aryl methyl sites for hydroxylation is 1. The summed E-state index contributed by atoms with van der Waals surface area (Å²) < 4.78 is 29.8. The molecule has 7 heteroatoms. The van der Waals surface area contributed by atoms with Crippen LogP contribution in [0, 0.1) is 25.7 Å². The highest BCUT2D eigenvalue weighted by molar-refractivity contribution is 7.89. The van der Waals surface area contributed by atoms with Crippen LogP contribution in [0.2, 0.25) is 0 Å². The molecule has 2 N–H and O–H groups in total. The van der Waals surface area contributed by atoms with Gasteiger partial charge in [-0.2, -0.15) is 9.40 Å². The van der Waals surface area contributed by atoms with E-state index in [9.17, 15) is 8.42 Å². The fourth-order valence-corrected chi connectivity index (χ4v) is 5.86. The van der Waals surface area contributed by atoms with Gasteiger partial charge < -0.3 is 5.73 Å². The average Bonchev–Trinajstić information content (AvgIpc) is 3.27. The van der Waals surface area contributed by atoms with Crippen LogP contribution in [-0.4, -0.2) is 41.6 Å². The first kappa shape index (κ1) is 16.8. The molecule has 0 spiro atoms. The number of hydrogen-bond donors (Lipinski definition) is 1. The highest BCUT2D eigenvalue weighted by atomic mass is 32.2. The van der Waals surface area contributed by atoms with Gasteiger partial charge in [-0.25, -0.2) is 13.1 Å². The van der Waals surface area contributed by atoms with E-state index in [1.165, 1.54) is 12.8 Å². The lowest BCUT2D eigenvalue weighted by Gasteiger charge is -2.16. The molecule has 0 amide bonds. The summed E-state index contributed by atoms with van der Waals surface area (Å²) in [6.07, 6.45) is 2.35. The Hall–Kier alpha value is -1.70. The van der Waals surface area contributed by atoms with Crippen molar-refractivity contribution >= 4 is 10.0 Å². The second kappa shape index (κ2) is 5.93. The minimum Gasteiger partial charge on any atom is -0.326 e. The SMILES string of the molecule is Cc1nn(-c2ccccc2)c(C)c1S(=O)(=O)N1C[C@@H](N)[C@H](C2CC2)C1. The van der Waals surface area contributed by atoms with Gasteiger partial charge in [-0.1, -0.05) is 18.2 Å². The molecule has 0 bridgehead atoms. The van der Waals surface area contributed by atoms with E-state index in [1.54, 1.807) is 15.9 Å². The van der Waals surface area contributed by atoms with Gasteiger partial charge in [0.1, 0.15) is 4.90 Å². The average molecular weight is 360 g/mol. The zero-order valence-electron chi connectivity index (χ0n) is 14.6. The van der Waals surface area contributed by atoms with Crippen LogP contribution in [-0.2, 0) is 10.0 Å². The van der Waals surface area contributed by atoms with Crippen molar-refractivity contribution < 1.29 is 8.42 Å². The van der Waals surface area contributed by atoms with E-state index in [1.807, 2.05) is 37.3 Å². The van der Waals surface area contributed by atoms with Crippen molar-refractivity contribution in [1.29, 1.82) is 0 Å². The molecule has 2 aromatic rings. The van der Waals surface area contributed by atoms with E-state index in [0.717, 1.165) is 5.69 Å². The Kier molecular flexibility index (Phi) is 3.97. The number of sulfonamides is 1. The highest BCUT2D eigenvalue weighted by Crippen LogP contribution is 2.42. The minimum absolute atomic E-state index is 0.0629. The highest BCUT2D eigenvalue weighted by Gasteiger charge is 2.45. The van der Waals surface area contributed by atoms with Gasteiger partial charge in [0.2, 0.25) is 10.0 Å². The quantitative estimate of drug-likeness (QED) is 0.902. The Bertz CT molecular complexity index is 887. The van der Waals surface area contributed by atoms with Crippen molar-refractivity contribution in [3.63, 3.8) is 0 Å². The normalized spacial score (nSPS) is 24.8. The van der Waals surface area contributed by atoms with E-state index >= 15 is 0 Å². The first-order valence-electron chi connectivity index (χ1n) is 8.77. The van der Waals surface area contributed by atoms with Crippen LogP contribution in [0.25, 0.3) is 5.69 Å². The molecule has 2 atom stereocenters. The number of rotatable bonds is 4. The first-order valence-corrected chi connectivity index (χ1v) is 10.2. The summed E-state index contributed by atoms with van der Waals surface area (Å²) in [4.78, 5) is 0.319. The van der Waals surface area contributed by atoms with E-state index in [-0.39, 0.29) is 6.04 Å². The zero-order chi connectivity index (χ0) is 17.8. The van der Waals surface area contributed by atoms with Crippen molar-refractivity contribution in [1.82, 2.24) is 14.1 Å². The Labute approximate surface area is 148 Å². The van der Waals surface area contributed by atoms with Gasteiger partial charge in [-0.15, -0.1) is 0 Å². The summed E-state index contributed by atoms with van der Waals surface area (Å²) in [7, 11) is -3.59. The van der Waals surface area contributed by atoms with Gasteiger partial charge in [-0.3, -0.25) is 0 Å². The molecule has 1 aromatic heterocycles. The van der Waals surface area contributed by atoms with Crippen LogP contribution in [0.1, 0.15) is 24.2 Å². The number of nitrogens with zero attached hydrogens (tertiary/aromatic N) is 3. The second-order valence-corrected chi connectivity index (χ2v) is 9.11. The fraction of sp³-hybridized carbons (Fsp3) is 0.500. The molecule has 2 fully saturated rings. The van der Waals surface area contributed by atoms with E-state index in [0.29, 0.717) is 41.2 Å². The Morgan fingerprint density at radius 2 is 1.80 bits per heavy atom. The smallest absolute Gasteiger partial charge is 0.246 e. The summed E-state index contributed by atoms with van der Waals surface area (Å²) in [5.74, 6) is 0.893. The number of aromatic nitrogens is 2. The molecule has 2 aliphatic rings. The first-order chi connectivity index (χ1) is 11.9. The van der Waals surface area contributed by atoms with Crippen molar-refractivity contribution in [2.45, 2.75) is 37.6 Å². The minimum atomic E-state index is -3.59. The molecular formula is C18H24N4O2S. The topological polar surface area (TPSA) is 81.2 Å². The number of benzene rings is 1. The van der Waals surface area contributed by atoms with E-state index in [2.05, 4.69) is 5.10 Å². The lowest BCUT2D eigenvalue weighted by Crippen LogP contribution is -2.33. The third kappa shape index (κ3) is 2.80. The Morgan fingerprint density at radius 3 is 2.44 bits per heavy atom. The predicted octanol–water partition coefficient (Wildman–Crippen LogP) is 1.85. The standard InChI is InChI=1S/C18H24N4O2S/c1-12-18(13(2)22(20-12)15-6-4-3-5-7-15)25(23,24)21-10-16(14-8-9-14)17(19)11-21/h3-7,14,16-17H,8-11,19H2,1-2H3/t16-,17+/m0/s1. The van der Waals surface area contributed by atoms with Crippen LogP contribution in [0.15, 0.2) is 35.2 Å². The Morgan fingerprint density at radius 1 is 1.12 bits per heavy atom. The molecule has 1 aliphatic carbocycles. The fourth-order valence-electron chi connectivity index (χ4n) is 3.99. The van der Waals surface area contributed by atoms with Crippen molar-refractivity contribution in [3.05, 3.63) is 41.7 Å². The molecule has 1 saturated carbocycles. The number of para-hydroxylation sites is 1. The van der Waals surface area contributed by atoms with Gasteiger partial charge in [0.05, 0.1) is 17.1 Å². The third-order valence-corrected chi connectivity index (χ3v) is 7.51. The molecule has 134 valence electrons. The summed E-state index contributed by atoms with van der Waals surface area (Å²) in [5, 5.41) is 4.48. The maximum atomic E-state index is 13.3. The number of hydrogen-bond acceptors (Lipinski definition) is 4. The van der Waals surface area contributed by atoms with Gasteiger partial charge in [0.25, 0.3) is 0 Å². The summed E-state index contributed by atoms with van der Waals surface area (Å²) >= 11 is 0. The van der Waals surface area contributed by atoms with Crippen LogP contribution < -0.4 is 5.73 Å². The largest absolute Gasteiger partial charge is 0.326 e. The van der Waals surface area contributed by atoms with Crippen molar-refractivity contribution in [2.24, 2.45) is 17.6 Å². The van der Waals surface area contributed by atoms with Gasteiger partial charge in [0.15, 0.2) is 0 Å². The molecule has 1 aromatic carbocycles. The third-order valence-electron chi connectivity index (χ3n) is 5.43. The molecule has 4 rings (SSSR count). The molecule has 6 nitrogen and oxygen atoms in total. The van der Waals surface area contributed by atoms with Gasteiger partial charge in [-0.05, 0) is 50.7 Å². The maximum absolute atomic E-state index is 13.3. The molecular weight excluding hydrogens is 336 g/mol. The monoisotopic (exact) mass is 360 g/mol. The molecule has 0 unspecified atom stereocenters. The van der Waals surface area contributed by atoms with Crippen LogP contribution in [0.3, 0.4) is 0 Å². The maximum Gasteiger partial charge on any atom is 0.246 e. The molecule has 1 aliphatic heterocycles. The van der Waals surface area contributed by atoms with E-state index < -0.39 is 10.0 Å². The van der Waals surface area contributed by atoms with Crippen LogP contribution in [0.4, 0.5) is 0 Å². The molecule has 25 heavy (non-hydrogen) atoms. The summed E-state index contributed by atoms with van der Waals surface area (Å²) in [6, 6.07) is 9.54. The Balaban J connectivity index is 1.70. The molecule has 1 saturated heterocycles. The van der Waals surface area contributed by atoms with E-state index in [4.69, 9.17) is 5.73 Å².